The summed E-state index contributed by atoms with van der Waals surface area (Å²) in [5.41, 5.74) is 1.13. The van der Waals surface area contributed by atoms with Gasteiger partial charge in [0.15, 0.2) is 0 Å². The van der Waals surface area contributed by atoms with Crippen molar-refractivity contribution < 1.29 is 27.3 Å². The molecule has 110 valence electrons. The number of nitrogens with zero attached hydrogens (tertiary/aromatic N) is 1. The summed E-state index contributed by atoms with van der Waals surface area (Å²) in [7, 11) is 3.31. The first-order chi connectivity index (χ1) is 9.02. The van der Waals surface area contributed by atoms with Crippen LogP contribution in [-0.4, -0.2) is 37.7 Å². The highest BCUT2D eigenvalue weighted by molar-refractivity contribution is 5.69. The molecule has 2 N–H and O–H groups in total. The number of halogens is 1. The van der Waals surface area contributed by atoms with Gasteiger partial charge in [-0.1, -0.05) is 12.1 Å². The Morgan fingerprint density at radius 1 is 1.50 bits per heavy atom. The Morgan fingerprint density at radius 2 is 2.20 bits per heavy atom. The predicted molar refractivity (Wildman–Crippen MR) is 74.9 cm³/mol. The fourth-order valence-corrected chi connectivity index (χ4v) is 1.52. The van der Waals surface area contributed by atoms with Gasteiger partial charge in [-0.15, -0.1) is 6.42 Å². The minimum atomic E-state index is -0.371. The molecule has 5 heteroatoms. The Kier molecular flexibility index (Phi) is 8.46. The molecule has 1 aromatic rings. The first kappa shape index (κ1) is 18.3. The summed E-state index contributed by atoms with van der Waals surface area (Å²) in [5.74, 6) is 3.24. The fraction of sp³-hybridized carbons (Fsp3) is 0.400. The van der Waals surface area contributed by atoms with Crippen LogP contribution in [-0.2, 0) is 6.42 Å². The number of terminal acetylenes is 1. The second kappa shape index (κ2) is 9.24. The lowest BCUT2D eigenvalue weighted by Gasteiger charge is -2.11. The molecule has 0 aliphatic heterocycles. The molecule has 1 atom stereocenters. The van der Waals surface area contributed by atoms with E-state index in [1.54, 1.807) is 20.2 Å². The number of nitrogens with two attached hydrogens (primary N) is 1. The number of rotatable bonds is 5. The van der Waals surface area contributed by atoms with Crippen molar-refractivity contribution in [1.82, 2.24) is 4.90 Å². The molecule has 0 aromatic heterocycles. The van der Waals surface area contributed by atoms with Crippen LogP contribution >= 0.6 is 0 Å². The van der Waals surface area contributed by atoms with E-state index in [1.807, 2.05) is 25.1 Å². The summed E-state index contributed by atoms with van der Waals surface area (Å²) in [6.45, 7) is 2.91. The maximum atomic E-state index is 11.4. The molecular weight excluding hydrogens is 276 g/mol. The van der Waals surface area contributed by atoms with E-state index in [1.165, 1.54) is 4.90 Å². The number of carbonyl (C=O) groups is 1. The zero-order chi connectivity index (χ0) is 14.3. The van der Waals surface area contributed by atoms with Crippen molar-refractivity contribution in [1.29, 1.82) is 0 Å². The van der Waals surface area contributed by atoms with Crippen LogP contribution in [0.25, 0.3) is 0 Å². The second-order valence-corrected chi connectivity index (χ2v) is 4.64. The van der Waals surface area contributed by atoms with Crippen LogP contribution in [0.4, 0.5) is 4.79 Å². The molecule has 0 spiro atoms. The van der Waals surface area contributed by atoms with Crippen molar-refractivity contribution in [3.05, 3.63) is 29.8 Å². The number of benzene rings is 1. The van der Waals surface area contributed by atoms with Crippen molar-refractivity contribution in [3.8, 4) is 18.1 Å². The fourth-order valence-electron chi connectivity index (χ4n) is 1.52. The van der Waals surface area contributed by atoms with E-state index in [9.17, 15) is 4.79 Å². The third kappa shape index (κ3) is 6.46. The standard InChI is InChI=1S/C15H20N2O2.ClH/c1-5-12(2)16-10-9-13-7-6-8-14(11-13)19-15(18)17(3)4;/h1,6-8,11-12,16H,9-10H2,2-4H3;1H. The van der Waals surface area contributed by atoms with E-state index in [2.05, 4.69) is 11.2 Å². The number of hydrogen-bond acceptors (Lipinski definition) is 2. The predicted octanol–water partition coefficient (Wildman–Crippen LogP) is -2.12. The van der Waals surface area contributed by atoms with Gasteiger partial charge in [0.2, 0.25) is 0 Å². The lowest BCUT2D eigenvalue weighted by Crippen LogP contribution is -3.00. The average molecular weight is 297 g/mol. The van der Waals surface area contributed by atoms with Gasteiger partial charge < -0.3 is 27.4 Å². The summed E-state index contributed by atoms with van der Waals surface area (Å²) >= 11 is 0. The van der Waals surface area contributed by atoms with Gasteiger partial charge in [-0.25, -0.2) is 4.79 Å². The Balaban J connectivity index is 0.00000361. The largest absolute Gasteiger partial charge is 1.00 e. The normalized spacial score (nSPS) is 10.9. The van der Waals surface area contributed by atoms with E-state index in [0.717, 1.165) is 18.5 Å². The highest BCUT2D eigenvalue weighted by Crippen LogP contribution is 2.14. The van der Waals surface area contributed by atoms with Crippen LogP contribution < -0.4 is 22.5 Å². The Morgan fingerprint density at radius 3 is 2.80 bits per heavy atom. The Hall–Kier alpha value is -1.70. The van der Waals surface area contributed by atoms with Crippen molar-refractivity contribution in [3.63, 3.8) is 0 Å². The van der Waals surface area contributed by atoms with Gasteiger partial charge in [0.05, 0.1) is 6.54 Å². The zero-order valence-corrected chi connectivity index (χ0v) is 12.9. The van der Waals surface area contributed by atoms with Crippen LogP contribution in [0, 0.1) is 12.3 Å². The van der Waals surface area contributed by atoms with Gasteiger partial charge in [-0.05, 0) is 30.5 Å². The number of hydrogen-bond donors (Lipinski definition) is 1. The van der Waals surface area contributed by atoms with Crippen molar-refractivity contribution in [2.24, 2.45) is 0 Å². The molecule has 4 nitrogen and oxygen atoms in total. The zero-order valence-electron chi connectivity index (χ0n) is 12.1. The summed E-state index contributed by atoms with van der Waals surface area (Å²) in [5, 5.41) is 2.11. The van der Waals surface area contributed by atoms with Gasteiger partial charge >= 0.3 is 6.09 Å². The summed E-state index contributed by atoms with van der Waals surface area (Å²) < 4.78 is 5.21. The molecule has 0 saturated heterocycles. The van der Waals surface area contributed by atoms with Crippen molar-refractivity contribution in [2.45, 2.75) is 19.4 Å². The molecule has 0 heterocycles. The quantitative estimate of drug-likeness (QED) is 0.632. The molecule has 1 aromatic carbocycles. The SMILES string of the molecule is C#CC(C)[NH2+]CCc1cccc(OC(=O)N(C)C)c1.[Cl-]. The van der Waals surface area contributed by atoms with Gasteiger partial charge in [-0.2, -0.15) is 0 Å². The molecule has 0 saturated carbocycles. The monoisotopic (exact) mass is 296 g/mol. The topological polar surface area (TPSA) is 46.1 Å². The Bertz CT molecular complexity index is 469. The molecule has 0 radical (unpaired) electrons. The number of amides is 1. The van der Waals surface area contributed by atoms with Crippen molar-refractivity contribution in [2.75, 3.05) is 20.6 Å². The average Bonchev–Trinajstić information content (AvgIpc) is 2.38. The molecule has 20 heavy (non-hydrogen) atoms. The molecule has 1 amide bonds. The molecule has 0 bridgehead atoms. The van der Waals surface area contributed by atoms with E-state index in [4.69, 9.17) is 11.2 Å². The third-order valence-corrected chi connectivity index (χ3v) is 2.68. The van der Waals surface area contributed by atoms with Crippen LogP contribution in [0.2, 0.25) is 0 Å². The molecule has 1 rings (SSSR count). The van der Waals surface area contributed by atoms with E-state index in [-0.39, 0.29) is 24.5 Å². The highest BCUT2D eigenvalue weighted by Gasteiger charge is 2.07. The molecule has 0 aliphatic carbocycles. The first-order valence-corrected chi connectivity index (χ1v) is 6.30. The second-order valence-electron chi connectivity index (χ2n) is 4.64. The Labute approximate surface area is 126 Å². The van der Waals surface area contributed by atoms with E-state index in [0.29, 0.717) is 5.75 Å². The minimum Gasteiger partial charge on any atom is -1.00 e. The van der Waals surface area contributed by atoms with Crippen molar-refractivity contribution >= 4 is 6.09 Å². The molecule has 0 aliphatic rings. The summed E-state index contributed by atoms with van der Waals surface area (Å²) in [4.78, 5) is 12.8. The summed E-state index contributed by atoms with van der Waals surface area (Å²) in [6, 6.07) is 7.75. The summed E-state index contributed by atoms with van der Waals surface area (Å²) in [6.07, 6.45) is 5.83. The van der Waals surface area contributed by atoms with Crippen LogP contribution in [0.5, 0.6) is 5.75 Å². The lowest BCUT2D eigenvalue weighted by atomic mass is 10.1. The van der Waals surface area contributed by atoms with Gasteiger partial charge in [0.1, 0.15) is 11.8 Å². The maximum absolute atomic E-state index is 11.4. The number of carbonyl (C=O) groups excluding carboxylic acids is 1. The molecule has 1 unspecified atom stereocenters. The lowest BCUT2D eigenvalue weighted by molar-refractivity contribution is -0.673. The highest BCUT2D eigenvalue weighted by atomic mass is 35.5. The van der Waals surface area contributed by atoms with Crippen LogP contribution in [0.3, 0.4) is 0 Å². The minimum absolute atomic E-state index is 0. The van der Waals surface area contributed by atoms with E-state index >= 15 is 0 Å². The molecular formula is C15H21ClN2O2. The number of quaternary nitrogens is 1. The van der Waals surface area contributed by atoms with Gasteiger partial charge in [0, 0.05) is 20.5 Å². The van der Waals surface area contributed by atoms with Gasteiger partial charge in [0.25, 0.3) is 0 Å². The smallest absolute Gasteiger partial charge is 0.414 e. The van der Waals surface area contributed by atoms with Crippen LogP contribution in [0.1, 0.15) is 12.5 Å². The van der Waals surface area contributed by atoms with Crippen LogP contribution in [0.15, 0.2) is 24.3 Å². The number of ether oxygens (including phenoxy) is 1. The maximum Gasteiger partial charge on any atom is 0.414 e. The third-order valence-electron chi connectivity index (χ3n) is 2.68. The van der Waals surface area contributed by atoms with Gasteiger partial charge in [-0.3, -0.25) is 0 Å². The molecule has 0 fully saturated rings. The first-order valence-electron chi connectivity index (χ1n) is 6.30. The van der Waals surface area contributed by atoms with E-state index < -0.39 is 0 Å².